The Morgan fingerprint density at radius 3 is 0.600 bits per heavy atom. The zero-order chi connectivity index (χ0) is 43.9. The van der Waals surface area contributed by atoms with Crippen LogP contribution in [0.15, 0.2) is 97.6 Å². The molecule has 0 amide bonds. The maximum absolute atomic E-state index is 10.1. The van der Waals surface area contributed by atoms with Crippen LogP contribution in [-0.2, 0) is 105 Å². The van der Waals surface area contributed by atoms with Crippen LogP contribution in [0.1, 0.15) is 57.4 Å². The van der Waals surface area contributed by atoms with Gasteiger partial charge >= 0.3 is 49.5 Å². The number of pyridine rings is 4. The van der Waals surface area contributed by atoms with Crippen molar-refractivity contribution < 1.29 is 163 Å². The zero-order valence-corrected chi connectivity index (χ0v) is 38.8. The van der Waals surface area contributed by atoms with Crippen LogP contribution in [0.3, 0.4) is 0 Å². The Balaban J connectivity index is -0.0000000500. The van der Waals surface area contributed by atoms with Gasteiger partial charge in [-0.05, 0) is 83.1 Å². The number of carboxylic acids is 5. The number of nitrogens with zero attached hydrogens (tertiary/aromatic N) is 4. The van der Waals surface area contributed by atoms with Gasteiger partial charge in [0.05, 0.1) is 5.34 Å². The quantitative estimate of drug-likeness (QED) is 0.104. The number of carboxylic acid groups (broad SMARTS) is 5. The third-order valence-electron chi connectivity index (χ3n) is 3.50. The van der Waals surface area contributed by atoms with E-state index in [0.29, 0.717) is 22.8 Å². The molecule has 3 N–H and O–H groups in total. The summed E-state index contributed by atoms with van der Waals surface area (Å²) in [5.74, 6) is -5.42. The molecular weight excluding hydrogens is 1130 g/mol. The van der Waals surface area contributed by atoms with Gasteiger partial charge < -0.3 is 75.4 Å². The van der Waals surface area contributed by atoms with Crippen LogP contribution in [0.5, 0.6) is 0 Å². The van der Waals surface area contributed by atoms with E-state index in [1.165, 1.54) is 0 Å². The molecule has 0 aliphatic rings. The molecule has 2 radical (unpaired) electrons. The Bertz CT molecular complexity index is 1210. The number of halogens is 2. The summed E-state index contributed by atoms with van der Waals surface area (Å²) in [7, 11) is 0. The van der Waals surface area contributed by atoms with E-state index in [-0.39, 0.29) is 124 Å². The van der Waals surface area contributed by atoms with Gasteiger partial charge in [-0.3, -0.25) is 19.9 Å². The summed E-state index contributed by atoms with van der Waals surface area (Å²) < 4.78 is 0. The van der Waals surface area contributed by atoms with Gasteiger partial charge in [-0.15, -0.1) is 23.2 Å². The minimum atomic E-state index is -1.08. The smallest absolute Gasteiger partial charge is 0.850 e. The second-order valence-corrected chi connectivity index (χ2v) is 9.23. The molecule has 0 atom stereocenters. The molecule has 19 nitrogen and oxygen atoms in total. The number of carbonyl (C=O) groups excluding carboxylic acids is 5. The molecule has 25 heteroatoms. The van der Waals surface area contributed by atoms with Gasteiger partial charge in [0.2, 0.25) is 0 Å². The summed E-state index contributed by atoms with van der Waals surface area (Å²) in [4.78, 5) is 59.6. The topological polar surface area (TPSA) is 377 Å². The molecule has 0 fully saturated rings. The van der Waals surface area contributed by atoms with Gasteiger partial charge in [0.15, 0.2) is 0 Å². The van der Waals surface area contributed by atoms with E-state index in [2.05, 4.69) is 19.9 Å². The maximum Gasteiger partial charge on any atom is 3.00 e. The summed E-state index contributed by atoms with van der Waals surface area (Å²) in [6.07, 6.45) is 6.47. The molecule has 0 aliphatic heterocycles. The molecule has 0 saturated carbocycles. The summed E-state index contributed by atoms with van der Waals surface area (Å²) in [5, 5.41) is 84.9. The van der Waals surface area contributed by atoms with Gasteiger partial charge in [-0.2, -0.15) is 0 Å². The third-order valence-corrected chi connectivity index (χ3v) is 3.50. The molecule has 4 heterocycles. The van der Waals surface area contributed by atoms with Crippen molar-refractivity contribution in [3.63, 3.8) is 0 Å². The first-order chi connectivity index (χ1) is 25.8. The Labute approximate surface area is 418 Å². The number of alkyl halides is 2. The first-order valence-electron chi connectivity index (χ1n) is 14.7. The largest absolute Gasteiger partial charge is 3.00 e. The number of aromatic nitrogens is 4. The molecule has 0 unspecified atom stereocenters. The normalized spacial score (nSPS) is 7.25. The molecule has 0 aliphatic carbocycles. The molecule has 350 valence electrons. The number of carbonyl (C=O) groups is 5. The molecular formula is C35H44Cl2HoN4Ni3O15-. The number of aliphatic carboxylic acids is 5. The van der Waals surface area contributed by atoms with Crippen molar-refractivity contribution in [1.82, 2.24) is 19.9 Å². The second kappa shape index (κ2) is 70.6. The van der Waals surface area contributed by atoms with E-state index >= 15 is 0 Å². The van der Waals surface area contributed by atoms with E-state index in [1.54, 1.807) is 97.6 Å². The van der Waals surface area contributed by atoms with Crippen molar-refractivity contribution in [3.05, 3.63) is 120 Å². The van der Waals surface area contributed by atoms with Crippen LogP contribution in [0.4, 0.5) is 0 Å². The van der Waals surface area contributed by atoms with Crippen molar-refractivity contribution in [2.75, 3.05) is 5.34 Å². The molecule has 0 spiro atoms. The van der Waals surface area contributed by atoms with Crippen LogP contribution in [0.25, 0.3) is 0 Å². The van der Waals surface area contributed by atoms with Crippen LogP contribution in [0, 0.1) is 37.7 Å². The summed E-state index contributed by atoms with van der Waals surface area (Å²) in [6.45, 7) is 3.98. The fraction of sp³-hybridized carbons (Fsp3) is 0.286. The van der Waals surface area contributed by atoms with Gasteiger partial charge in [0.25, 0.3) is 0 Å². The Hall–Kier alpha value is -2.93. The Kier molecular flexibility index (Phi) is 99.5. The first-order valence-corrected chi connectivity index (χ1v) is 15.8. The molecule has 60 heavy (non-hydrogen) atoms. The number of hydrogen-bond acceptors (Lipinski definition) is 18. The number of hydrogen-bond donors (Lipinski definition) is 0. The van der Waals surface area contributed by atoms with E-state index in [0.717, 1.165) is 34.6 Å². The molecule has 4 rings (SSSR count). The van der Waals surface area contributed by atoms with Crippen LogP contribution in [-0.4, -0.2) is 55.1 Å². The fourth-order valence-corrected chi connectivity index (χ4v) is 1.93. The number of rotatable bonds is 4. The zero-order valence-electron chi connectivity index (χ0n) is 32.4. The predicted octanol–water partition coefficient (Wildman–Crippen LogP) is -5.96. The first kappa shape index (κ1) is 84.5. The van der Waals surface area contributed by atoms with Gasteiger partial charge in [-0.1, -0.05) is 50.7 Å². The standard InChI is InChI=1S/4C6H6NO.5C2H4O2.CH2Cl2.Ho.3Ni.H2O/c4*8-5-6-3-1-2-4-7-6;5*1-2(3)4;2-1-3;;;;;/h4*1-4H,5H2;5*1H3,(H,3,4);1H2;;;;;1H2/q4*-1;;;;;;;;2*+2;+3;/p-4. The predicted molar refractivity (Wildman–Crippen MR) is 187 cm³/mol. The molecule has 4 aromatic heterocycles. The second-order valence-electron chi connectivity index (χ2n) is 8.42. The summed E-state index contributed by atoms with van der Waals surface area (Å²) >= 11 is 9.53. The SMILES string of the molecule is CC(=O)[O-].CC(=O)[O-].CC(=O)[O-].CC(=O)[O-].CC(=O)[O-].ClCCl.[Ho].[Ni+2].[Ni+2].[Ni+3].[O-]Cc1ccccn1.[O-]Cc1ccccn1.[O-]Cc1ccccn1.[O-]Cc1ccccn1.[OH3+]. The molecule has 0 bridgehead atoms. The third kappa shape index (κ3) is 117. The van der Waals surface area contributed by atoms with Gasteiger partial charge in [-0.25, -0.2) is 0 Å². The average molecular weight is 1170 g/mol. The Morgan fingerprint density at radius 1 is 0.433 bits per heavy atom. The van der Waals surface area contributed by atoms with Gasteiger partial charge in [0, 0.05) is 115 Å². The summed E-state index contributed by atoms with van der Waals surface area (Å²) in [5.41, 5.74) is 2.42. The van der Waals surface area contributed by atoms with Crippen LogP contribution in [0.2, 0.25) is 0 Å². The molecule has 4 aromatic rings. The van der Waals surface area contributed by atoms with Crippen LogP contribution >= 0.6 is 23.2 Å². The van der Waals surface area contributed by atoms with Crippen molar-refractivity contribution >= 4 is 53.0 Å². The fourth-order valence-electron chi connectivity index (χ4n) is 1.93. The minimum Gasteiger partial charge on any atom is -0.850 e. The van der Waals surface area contributed by atoms with Crippen molar-refractivity contribution in [2.45, 2.75) is 61.0 Å². The van der Waals surface area contributed by atoms with E-state index in [1.807, 2.05) is 0 Å². The Morgan fingerprint density at radius 2 is 0.550 bits per heavy atom. The molecule has 0 saturated heterocycles. The van der Waals surface area contributed by atoms with Crippen molar-refractivity contribution in [3.8, 4) is 0 Å². The van der Waals surface area contributed by atoms with Crippen molar-refractivity contribution in [1.29, 1.82) is 0 Å². The van der Waals surface area contributed by atoms with Gasteiger partial charge in [0.1, 0.15) is 0 Å². The average Bonchev–Trinajstić information content (AvgIpc) is 3.13. The summed E-state index contributed by atoms with van der Waals surface area (Å²) in [6, 6.07) is 21.2. The van der Waals surface area contributed by atoms with E-state index in [4.69, 9.17) is 72.7 Å². The monoisotopic (exact) mass is 1170 g/mol. The van der Waals surface area contributed by atoms with E-state index < -0.39 is 29.8 Å². The minimum absolute atomic E-state index is 0. The van der Waals surface area contributed by atoms with E-state index in [9.17, 15) is 20.4 Å². The van der Waals surface area contributed by atoms with Crippen LogP contribution < -0.4 is 46.0 Å². The molecule has 0 aromatic carbocycles. The van der Waals surface area contributed by atoms with Crippen molar-refractivity contribution in [2.24, 2.45) is 0 Å². The maximum atomic E-state index is 10.1.